The second-order valence-corrected chi connectivity index (χ2v) is 3.72. The standard InChI is InChI=1S/C4H10O.2C4H10.2CH4/c1-3-4-5-2;1-4(2)3;1-3-4-2;;/h3-4H2,1-2H3;4H,1-3H3;3-4H2,1-2H3;2*1H4. The van der Waals surface area contributed by atoms with E-state index in [-0.39, 0.29) is 14.9 Å². The molecule has 0 fully saturated rings. The average Bonchev–Trinajstić information content (AvgIpc) is 2.05. The Bertz CT molecular complexity index is 44.5. The topological polar surface area (TPSA) is 9.23 Å². The predicted molar refractivity (Wildman–Crippen MR) is 76.7 cm³/mol. The van der Waals surface area contributed by atoms with Gasteiger partial charge in [0.25, 0.3) is 0 Å². The van der Waals surface area contributed by atoms with Crippen molar-refractivity contribution in [3.8, 4) is 0 Å². The van der Waals surface area contributed by atoms with Crippen molar-refractivity contribution in [2.45, 2.75) is 75.7 Å². The molecule has 0 amide bonds. The van der Waals surface area contributed by atoms with Crippen LogP contribution in [0.2, 0.25) is 0 Å². The van der Waals surface area contributed by atoms with Crippen LogP contribution in [0, 0.1) is 5.92 Å². The maximum Gasteiger partial charge on any atom is 0.0459 e. The largest absolute Gasteiger partial charge is 0.385 e. The van der Waals surface area contributed by atoms with Gasteiger partial charge in [-0.2, -0.15) is 0 Å². The Balaban J connectivity index is -0.0000000315. The molecule has 0 heterocycles. The number of hydrogen-bond acceptors (Lipinski definition) is 1. The maximum absolute atomic E-state index is 4.69. The van der Waals surface area contributed by atoms with Gasteiger partial charge in [0, 0.05) is 13.7 Å². The summed E-state index contributed by atoms with van der Waals surface area (Å²) in [6.07, 6.45) is 3.76. The molecule has 0 atom stereocenters. The summed E-state index contributed by atoms with van der Waals surface area (Å²) in [5.74, 6) is 0.833. The van der Waals surface area contributed by atoms with Gasteiger partial charge >= 0.3 is 0 Å². The molecule has 0 bridgehead atoms. The van der Waals surface area contributed by atoms with Crippen LogP contribution in [0.4, 0.5) is 0 Å². The summed E-state index contributed by atoms with van der Waals surface area (Å²) in [7, 11) is 1.71. The average molecular weight is 222 g/mol. The molecular weight excluding hydrogens is 184 g/mol. The van der Waals surface area contributed by atoms with Gasteiger partial charge in [-0.25, -0.2) is 0 Å². The minimum atomic E-state index is 0. The fraction of sp³-hybridized carbons (Fsp3) is 1.00. The summed E-state index contributed by atoms with van der Waals surface area (Å²) in [5.41, 5.74) is 0. The highest BCUT2D eigenvalue weighted by atomic mass is 16.5. The first-order chi connectivity index (χ1) is 6.06. The molecule has 0 saturated heterocycles. The molecule has 0 aliphatic rings. The fourth-order valence-electron chi connectivity index (χ4n) is 0.204. The first-order valence-corrected chi connectivity index (χ1v) is 5.55. The van der Waals surface area contributed by atoms with Crippen LogP contribution in [-0.4, -0.2) is 13.7 Å². The molecule has 0 N–H and O–H groups in total. The monoisotopic (exact) mass is 222 g/mol. The van der Waals surface area contributed by atoms with Gasteiger partial charge in [-0.05, 0) is 12.3 Å². The molecule has 0 aromatic carbocycles. The molecular formula is C14H38O. The van der Waals surface area contributed by atoms with Crippen molar-refractivity contribution in [2.24, 2.45) is 5.92 Å². The summed E-state index contributed by atoms with van der Waals surface area (Å²) in [5, 5.41) is 0. The number of ether oxygens (including phenoxy) is 1. The van der Waals surface area contributed by atoms with E-state index in [1.807, 2.05) is 0 Å². The van der Waals surface area contributed by atoms with Crippen molar-refractivity contribution in [1.82, 2.24) is 0 Å². The van der Waals surface area contributed by atoms with E-state index >= 15 is 0 Å². The second-order valence-electron chi connectivity index (χ2n) is 3.72. The molecule has 15 heavy (non-hydrogen) atoms. The Morgan fingerprint density at radius 1 is 0.800 bits per heavy atom. The van der Waals surface area contributed by atoms with Crippen molar-refractivity contribution < 1.29 is 4.74 Å². The first kappa shape index (κ1) is 29.4. The van der Waals surface area contributed by atoms with E-state index in [2.05, 4.69) is 41.5 Å². The summed E-state index contributed by atoms with van der Waals surface area (Å²) in [4.78, 5) is 0. The molecule has 1 nitrogen and oxygen atoms in total. The highest BCUT2D eigenvalue weighted by Gasteiger charge is 1.68. The third-order valence-electron chi connectivity index (χ3n) is 0.908. The zero-order valence-electron chi connectivity index (χ0n) is 10.8. The van der Waals surface area contributed by atoms with Gasteiger partial charge in [-0.15, -0.1) is 0 Å². The van der Waals surface area contributed by atoms with Gasteiger partial charge in [0.1, 0.15) is 0 Å². The van der Waals surface area contributed by atoms with Gasteiger partial charge in [-0.1, -0.05) is 69.2 Å². The zero-order chi connectivity index (χ0) is 11.1. The summed E-state index contributed by atoms with van der Waals surface area (Å²) in [6.45, 7) is 13.8. The van der Waals surface area contributed by atoms with Crippen LogP contribution in [0.15, 0.2) is 0 Å². The molecule has 0 saturated carbocycles. The van der Waals surface area contributed by atoms with Crippen molar-refractivity contribution in [3.63, 3.8) is 0 Å². The third-order valence-corrected chi connectivity index (χ3v) is 0.908. The number of hydrogen-bond donors (Lipinski definition) is 0. The van der Waals surface area contributed by atoms with Crippen LogP contribution in [0.3, 0.4) is 0 Å². The Kier molecular flexibility index (Phi) is 72.5. The second kappa shape index (κ2) is 37.0. The Labute approximate surface area is 101 Å². The fourth-order valence-corrected chi connectivity index (χ4v) is 0.204. The lowest BCUT2D eigenvalue weighted by Gasteiger charge is -1.84. The van der Waals surface area contributed by atoms with E-state index in [4.69, 9.17) is 4.74 Å². The molecule has 0 rings (SSSR count). The van der Waals surface area contributed by atoms with E-state index in [9.17, 15) is 0 Å². The minimum Gasteiger partial charge on any atom is -0.385 e. The molecule has 0 unspecified atom stereocenters. The molecule has 0 aromatic heterocycles. The van der Waals surface area contributed by atoms with Gasteiger partial charge in [-0.3, -0.25) is 0 Å². The van der Waals surface area contributed by atoms with Crippen LogP contribution in [0.25, 0.3) is 0 Å². The molecule has 1 heteroatoms. The van der Waals surface area contributed by atoms with Crippen LogP contribution in [-0.2, 0) is 4.74 Å². The highest BCUT2D eigenvalue weighted by Crippen LogP contribution is 1.81. The molecule has 0 aliphatic heterocycles. The SMILES string of the molecule is C.C.CC(C)C.CCCC.CCCOC. The first-order valence-electron chi connectivity index (χ1n) is 5.55. The lowest BCUT2D eigenvalue weighted by atomic mass is 10.3. The van der Waals surface area contributed by atoms with Crippen LogP contribution >= 0.6 is 0 Å². The number of methoxy groups -OCH3 is 1. The third kappa shape index (κ3) is 228. The van der Waals surface area contributed by atoms with Crippen molar-refractivity contribution in [2.75, 3.05) is 13.7 Å². The zero-order valence-corrected chi connectivity index (χ0v) is 10.8. The number of unbranched alkanes of at least 4 members (excludes halogenated alkanes) is 1. The summed E-state index contributed by atoms with van der Waals surface area (Å²) >= 11 is 0. The maximum atomic E-state index is 4.69. The van der Waals surface area contributed by atoms with Crippen LogP contribution < -0.4 is 0 Å². The van der Waals surface area contributed by atoms with E-state index in [1.165, 1.54) is 12.8 Å². The highest BCUT2D eigenvalue weighted by molar-refractivity contribution is 4.20. The van der Waals surface area contributed by atoms with Crippen molar-refractivity contribution in [1.29, 1.82) is 0 Å². The smallest absolute Gasteiger partial charge is 0.0459 e. The number of rotatable bonds is 3. The molecule has 100 valence electrons. The molecule has 0 radical (unpaired) electrons. The normalized spacial score (nSPS) is 7.20. The van der Waals surface area contributed by atoms with Gasteiger partial charge in [0.05, 0.1) is 0 Å². The van der Waals surface area contributed by atoms with Crippen molar-refractivity contribution in [3.05, 3.63) is 0 Å². The molecule has 0 aromatic rings. The van der Waals surface area contributed by atoms with Gasteiger partial charge < -0.3 is 4.74 Å². The van der Waals surface area contributed by atoms with Crippen LogP contribution in [0.5, 0.6) is 0 Å². The summed E-state index contributed by atoms with van der Waals surface area (Å²) < 4.78 is 4.69. The Morgan fingerprint density at radius 3 is 1.07 bits per heavy atom. The predicted octanol–water partition coefficient (Wildman–Crippen LogP) is 5.78. The lowest BCUT2D eigenvalue weighted by Crippen LogP contribution is -1.80. The van der Waals surface area contributed by atoms with Crippen LogP contribution in [0.1, 0.15) is 75.7 Å². The van der Waals surface area contributed by atoms with Crippen molar-refractivity contribution >= 4 is 0 Å². The van der Waals surface area contributed by atoms with E-state index in [0.29, 0.717) is 0 Å². The van der Waals surface area contributed by atoms with E-state index in [1.54, 1.807) is 7.11 Å². The summed E-state index contributed by atoms with van der Waals surface area (Å²) in [6, 6.07) is 0. The van der Waals surface area contributed by atoms with E-state index in [0.717, 1.165) is 18.9 Å². The Morgan fingerprint density at radius 2 is 1.07 bits per heavy atom. The Hall–Kier alpha value is -0.0400. The minimum absolute atomic E-state index is 0. The molecule has 0 spiro atoms. The van der Waals surface area contributed by atoms with E-state index < -0.39 is 0 Å². The van der Waals surface area contributed by atoms with Gasteiger partial charge in [0.2, 0.25) is 0 Å². The quantitative estimate of drug-likeness (QED) is 0.588. The molecule has 0 aliphatic carbocycles. The van der Waals surface area contributed by atoms with Gasteiger partial charge in [0.15, 0.2) is 0 Å². The lowest BCUT2D eigenvalue weighted by molar-refractivity contribution is 0.199.